The topological polar surface area (TPSA) is 241 Å². The number of nitrogens with one attached hydrogen (secondary N) is 4. The molecule has 1 aromatic carbocycles. The molecule has 1 heterocycles. The Morgan fingerprint density at radius 3 is 2.08 bits per heavy atom. The predicted molar refractivity (Wildman–Crippen MR) is 136 cm³/mol. The zero-order valence-electron chi connectivity index (χ0n) is 20.0. The Balaban J connectivity index is 2.23. The van der Waals surface area contributed by atoms with Crippen LogP contribution in [0.15, 0.2) is 30.5 Å². The van der Waals surface area contributed by atoms with Crippen molar-refractivity contribution in [3.63, 3.8) is 0 Å². The lowest BCUT2D eigenvalue weighted by Gasteiger charge is -2.24. The van der Waals surface area contributed by atoms with Crippen LogP contribution in [-0.4, -0.2) is 85.9 Å². The van der Waals surface area contributed by atoms with E-state index in [0.717, 1.165) is 10.9 Å². The average Bonchev–Trinajstić information content (AvgIpc) is 3.27. The molecule has 0 aliphatic heterocycles. The maximum atomic E-state index is 13.2. The molecule has 3 amide bonds. The van der Waals surface area contributed by atoms with Crippen LogP contribution in [-0.2, 0) is 35.2 Å². The number of aromatic nitrogens is 1. The molecule has 1 aromatic heterocycles. The Bertz CT molecular complexity index is 1200. The maximum Gasteiger partial charge on any atom is 0.326 e. The van der Waals surface area contributed by atoms with Crippen LogP contribution in [0, 0.1) is 0 Å². The van der Waals surface area contributed by atoms with Crippen molar-refractivity contribution < 1.29 is 44.1 Å². The van der Waals surface area contributed by atoms with Gasteiger partial charge in [0.05, 0.1) is 12.5 Å². The lowest BCUT2D eigenvalue weighted by molar-refractivity contribution is -0.147. The average molecular weight is 552 g/mol. The molecule has 14 nitrogen and oxygen atoms in total. The van der Waals surface area contributed by atoms with E-state index in [1.54, 1.807) is 24.4 Å². The number of H-pyrrole nitrogens is 1. The van der Waals surface area contributed by atoms with Crippen LogP contribution in [0.4, 0.5) is 0 Å². The molecule has 2 rings (SSSR count). The van der Waals surface area contributed by atoms with Crippen molar-refractivity contribution in [3.05, 3.63) is 36.0 Å². The zero-order valence-corrected chi connectivity index (χ0v) is 20.9. The van der Waals surface area contributed by atoms with Gasteiger partial charge in [-0.2, -0.15) is 12.6 Å². The predicted octanol–water partition coefficient (Wildman–Crippen LogP) is -1.15. The second-order valence-corrected chi connectivity index (χ2v) is 8.77. The third-order valence-electron chi connectivity index (χ3n) is 5.55. The summed E-state index contributed by atoms with van der Waals surface area (Å²) in [6.45, 7) is 0. The number of carboxylic acids is 3. The molecular weight excluding hydrogens is 522 g/mol. The summed E-state index contributed by atoms with van der Waals surface area (Å²) in [5.41, 5.74) is 7.21. The van der Waals surface area contributed by atoms with Crippen LogP contribution in [0.5, 0.6) is 0 Å². The second kappa shape index (κ2) is 14.0. The van der Waals surface area contributed by atoms with E-state index in [-0.39, 0.29) is 25.0 Å². The van der Waals surface area contributed by atoms with E-state index in [0.29, 0.717) is 5.56 Å². The Kier molecular flexibility index (Phi) is 11.1. The fourth-order valence-corrected chi connectivity index (χ4v) is 3.79. The molecule has 4 atom stereocenters. The number of para-hydroxylation sites is 1. The molecule has 0 fully saturated rings. The summed E-state index contributed by atoms with van der Waals surface area (Å²) in [5.74, 6) is -7.06. The highest BCUT2D eigenvalue weighted by atomic mass is 32.1. The number of carbonyl (C=O) groups excluding carboxylic acids is 3. The third kappa shape index (κ3) is 8.77. The van der Waals surface area contributed by atoms with Crippen LogP contribution in [0.3, 0.4) is 0 Å². The molecule has 15 heteroatoms. The first-order chi connectivity index (χ1) is 17.9. The lowest BCUT2D eigenvalue weighted by Crippen LogP contribution is -2.58. The summed E-state index contributed by atoms with van der Waals surface area (Å²) in [6, 6.07) is 1.61. The summed E-state index contributed by atoms with van der Waals surface area (Å²) in [5, 5.41) is 34.6. The highest BCUT2D eigenvalue weighted by Crippen LogP contribution is 2.19. The van der Waals surface area contributed by atoms with E-state index in [1.807, 2.05) is 11.4 Å². The fraction of sp³-hybridized carbons (Fsp3) is 0.391. The summed E-state index contributed by atoms with van der Waals surface area (Å²) in [4.78, 5) is 74.5. The number of hydrogen-bond acceptors (Lipinski definition) is 8. The molecule has 0 bridgehead atoms. The van der Waals surface area contributed by atoms with E-state index < -0.39 is 66.2 Å². The molecule has 38 heavy (non-hydrogen) atoms. The fourth-order valence-electron chi connectivity index (χ4n) is 3.53. The number of aliphatic carboxylic acids is 3. The normalized spacial score (nSPS) is 14.1. The summed E-state index contributed by atoms with van der Waals surface area (Å²) in [6.07, 6.45) is 0.182. The Hall–Kier alpha value is -4.11. The van der Waals surface area contributed by atoms with Gasteiger partial charge in [-0.15, -0.1) is 0 Å². The molecule has 9 N–H and O–H groups in total. The van der Waals surface area contributed by atoms with Gasteiger partial charge < -0.3 is 42.0 Å². The van der Waals surface area contributed by atoms with E-state index in [4.69, 9.17) is 15.9 Å². The van der Waals surface area contributed by atoms with Gasteiger partial charge in [-0.05, 0) is 18.1 Å². The quantitative estimate of drug-likeness (QED) is 0.120. The molecule has 2 aromatic rings. The number of carbonyl (C=O) groups is 6. The minimum atomic E-state index is -1.74. The minimum Gasteiger partial charge on any atom is -0.481 e. The van der Waals surface area contributed by atoms with Crippen molar-refractivity contribution >= 4 is 59.2 Å². The monoisotopic (exact) mass is 551 g/mol. The van der Waals surface area contributed by atoms with Gasteiger partial charge in [0.25, 0.3) is 0 Å². The SMILES string of the molecule is NC(CCC(=O)O)C(=O)NC(Cc1c[nH]c2ccccc12)C(=O)NC(CS)C(=O)NC(CC(=O)O)C(=O)O. The molecule has 4 unspecified atom stereocenters. The van der Waals surface area contributed by atoms with Crippen molar-refractivity contribution in [1.82, 2.24) is 20.9 Å². The third-order valence-corrected chi connectivity index (χ3v) is 5.91. The molecule has 0 aliphatic carbocycles. The van der Waals surface area contributed by atoms with E-state index >= 15 is 0 Å². The number of nitrogens with two attached hydrogens (primary N) is 1. The minimum absolute atomic E-state index is 0.0368. The standard InChI is InChI=1S/C23H29N5O9S/c24-13(5-6-18(29)30)20(33)26-15(7-11-9-25-14-4-2-1-3-12(11)14)21(34)28-17(10-38)22(35)27-16(23(36)37)8-19(31)32/h1-4,9,13,15-17,25,38H,5-8,10,24H2,(H,26,33)(H,27,35)(H,28,34)(H,29,30)(H,31,32)(H,36,37). The number of aromatic amines is 1. The molecule has 0 saturated carbocycles. The number of hydrogen-bond donors (Lipinski definition) is 9. The van der Waals surface area contributed by atoms with Crippen molar-refractivity contribution in [2.24, 2.45) is 5.73 Å². The van der Waals surface area contributed by atoms with E-state index in [1.165, 1.54) is 0 Å². The first-order valence-electron chi connectivity index (χ1n) is 11.4. The van der Waals surface area contributed by atoms with Crippen molar-refractivity contribution in [1.29, 1.82) is 0 Å². The van der Waals surface area contributed by atoms with Crippen molar-refractivity contribution in [3.8, 4) is 0 Å². The van der Waals surface area contributed by atoms with E-state index in [2.05, 4.69) is 28.2 Å². The Morgan fingerprint density at radius 2 is 1.47 bits per heavy atom. The van der Waals surface area contributed by atoms with Gasteiger partial charge in [0.15, 0.2) is 0 Å². The Labute approximate surface area is 221 Å². The molecule has 206 valence electrons. The summed E-state index contributed by atoms with van der Waals surface area (Å²) >= 11 is 4.02. The van der Waals surface area contributed by atoms with Gasteiger partial charge in [0, 0.05) is 35.7 Å². The molecule has 0 spiro atoms. The summed E-state index contributed by atoms with van der Waals surface area (Å²) in [7, 11) is 0. The van der Waals surface area contributed by atoms with Crippen LogP contribution < -0.4 is 21.7 Å². The zero-order chi connectivity index (χ0) is 28.4. The number of amides is 3. The number of fused-ring (bicyclic) bond motifs is 1. The molecular formula is C23H29N5O9S. The summed E-state index contributed by atoms with van der Waals surface area (Å²) < 4.78 is 0. The van der Waals surface area contributed by atoms with Gasteiger partial charge in [-0.25, -0.2) is 4.79 Å². The second-order valence-electron chi connectivity index (χ2n) is 8.40. The smallest absolute Gasteiger partial charge is 0.326 e. The van der Waals surface area contributed by atoms with Crippen LogP contribution in [0.2, 0.25) is 0 Å². The number of carboxylic acid groups (broad SMARTS) is 3. The first kappa shape index (κ1) is 30.1. The Morgan fingerprint density at radius 1 is 0.868 bits per heavy atom. The number of rotatable bonds is 15. The molecule has 0 aliphatic rings. The first-order valence-corrected chi connectivity index (χ1v) is 12.0. The van der Waals surface area contributed by atoms with E-state index in [9.17, 15) is 33.9 Å². The maximum absolute atomic E-state index is 13.2. The molecule has 0 saturated heterocycles. The van der Waals surface area contributed by atoms with Crippen LogP contribution in [0.25, 0.3) is 10.9 Å². The largest absolute Gasteiger partial charge is 0.481 e. The van der Waals surface area contributed by atoms with Gasteiger partial charge in [0.1, 0.15) is 18.1 Å². The van der Waals surface area contributed by atoms with Crippen LogP contribution >= 0.6 is 12.6 Å². The van der Waals surface area contributed by atoms with Gasteiger partial charge >= 0.3 is 17.9 Å². The van der Waals surface area contributed by atoms with Gasteiger partial charge in [-0.3, -0.25) is 24.0 Å². The number of benzene rings is 1. The lowest BCUT2D eigenvalue weighted by atomic mass is 10.0. The highest BCUT2D eigenvalue weighted by Gasteiger charge is 2.31. The molecule has 0 radical (unpaired) electrons. The number of thiol groups is 1. The van der Waals surface area contributed by atoms with Crippen molar-refractivity contribution in [2.75, 3.05) is 5.75 Å². The van der Waals surface area contributed by atoms with Gasteiger partial charge in [0.2, 0.25) is 17.7 Å². The highest BCUT2D eigenvalue weighted by molar-refractivity contribution is 7.80. The van der Waals surface area contributed by atoms with Crippen LogP contribution in [0.1, 0.15) is 24.8 Å². The van der Waals surface area contributed by atoms with Crippen molar-refractivity contribution in [2.45, 2.75) is 49.9 Å². The van der Waals surface area contributed by atoms with Gasteiger partial charge in [-0.1, -0.05) is 18.2 Å².